The van der Waals surface area contributed by atoms with Crippen molar-refractivity contribution in [1.82, 2.24) is 0 Å². The molecule has 4 heteroatoms. The molecule has 1 fully saturated rings. The Hall–Kier alpha value is -2.75. The van der Waals surface area contributed by atoms with Crippen molar-refractivity contribution in [2.24, 2.45) is 5.92 Å². The van der Waals surface area contributed by atoms with E-state index in [9.17, 15) is 14.4 Å². The summed E-state index contributed by atoms with van der Waals surface area (Å²) in [7, 11) is 1.57. The maximum absolute atomic E-state index is 12.5. The quantitative estimate of drug-likeness (QED) is 0.787. The molecule has 3 rings (SSSR count). The van der Waals surface area contributed by atoms with Gasteiger partial charge in [-0.25, -0.2) is 0 Å². The van der Waals surface area contributed by atoms with Crippen molar-refractivity contribution in [3.05, 3.63) is 65.7 Å². The van der Waals surface area contributed by atoms with Gasteiger partial charge in [-0.1, -0.05) is 42.5 Å². The highest BCUT2D eigenvalue weighted by molar-refractivity contribution is 6.21. The van der Waals surface area contributed by atoms with Crippen LogP contribution in [0, 0.1) is 5.92 Å². The summed E-state index contributed by atoms with van der Waals surface area (Å²) in [5.74, 6) is -1.36. The van der Waals surface area contributed by atoms with Crippen LogP contribution in [0.3, 0.4) is 0 Å². The van der Waals surface area contributed by atoms with E-state index in [-0.39, 0.29) is 42.5 Å². The van der Waals surface area contributed by atoms with Crippen LogP contribution in [0.1, 0.15) is 29.9 Å². The molecular weight excluding hydrogens is 316 g/mol. The summed E-state index contributed by atoms with van der Waals surface area (Å²) in [6.45, 7) is 0. The molecule has 25 heavy (non-hydrogen) atoms. The Bertz CT molecular complexity index is 759. The van der Waals surface area contributed by atoms with E-state index in [1.54, 1.807) is 31.4 Å². The first kappa shape index (κ1) is 17.1. The van der Waals surface area contributed by atoms with Gasteiger partial charge < -0.3 is 4.74 Å². The average molecular weight is 336 g/mol. The zero-order chi connectivity index (χ0) is 17.8. The zero-order valence-electron chi connectivity index (χ0n) is 14.1. The summed E-state index contributed by atoms with van der Waals surface area (Å²) in [4.78, 5) is 37.4. The van der Waals surface area contributed by atoms with Crippen LogP contribution in [0.15, 0.2) is 54.6 Å². The third kappa shape index (κ3) is 3.85. The Morgan fingerprint density at radius 3 is 2.12 bits per heavy atom. The SMILES string of the molecule is COc1ccc(CC(=O)C2C(=O)CC(c3ccccc3)CC2=O)cc1. The van der Waals surface area contributed by atoms with E-state index >= 15 is 0 Å². The maximum Gasteiger partial charge on any atom is 0.155 e. The lowest BCUT2D eigenvalue weighted by molar-refractivity contribution is -0.142. The van der Waals surface area contributed by atoms with E-state index in [2.05, 4.69) is 0 Å². The van der Waals surface area contributed by atoms with Crippen molar-refractivity contribution in [1.29, 1.82) is 0 Å². The molecule has 1 aliphatic carbocycles. The van der Waals surface area contributed by atoms with Crippen molar-refractivity contribution < 1.29 is 19.1 Å². The second kappa shape index (κ2) is 7.43. The Morgan fingerprint density at radius 1 is 0.960 bits per heavy atom. The number of carbonyl (C=O) groups is 3. The molecule has 0 aliphatic heterocycles. The Morgan fingerprint density at radius 2 is 1.56 bits per heavy atom. The van der Waals surface area contributed by atoms with Crippen molar-refractivity contribution in [3.8, 4) is 5.75 Å². The highest BCUT2D eigenvalue weighted by Gasteiger charge is 2.40. The number of rotatable bonds is 5. The molecule has 0 amide bonds. The van der Waals surface area contributed by atoms with Crippen molar-refractivity contribution in [3.63, 3.8) is 0 Å². The zero-order valence-corrected chi connectivity index (χ0v) is 14.1. The number of hydrogen-bond donors (Lipinski definition) is 0. The molecule has 128 valence electrons. The summed E-state index contributed by atoms with van der Waals surface area (Å²) in [5.41, 5.74) is 1.75. The lowest BCUT2D eigenvalue weighted by Gasteiger charge is -2.26. The second-order valence-corrected chi connectivity index (χ2v) is 6.37. The monoisotopic (exact) mass is 336 g/mol. The fraction of sp³-hybridized carbons (Fsp3) is 0.286. The van der Waals surface area contributed by atoms with Gasteiger partial charge in [0.25, 0.3) is 0 Å². The molecule has 0 bridgehead atoms. The molecule has 4 nitrogen and oxygen atoms in total. The van der Waals surface area contributed by atoms with Crippen LogP contribution in [0.5, 0.6) is 5.75 Å². The van der Waals surface area contributed by atoms with Crippen LogP contribution >= 0.6 is 0 Å². The van der Waals surface area contributed by atoms with Gasteiger partial charge in [0.15, 0.2) is 17.3 Å². The minimum atomic E-state index is -1.11. The number of methoxy groups -OCH3 is 1. The number of carbonyl (C=O) groups excluding carboxylic acids is 3. The molecule has 0 heterocycles. The molecule has 0 radical (unpaired) electrons. The van der Waals surface area contributed by atoms with Crippen LogP contribution in [0.25, 0.3) is 0 Å². The van der Waals surface area contributed by atoms with Crippen LogP contribution in [-0.4, -0.2) is 24.5 Å². The van der Waals surface area contributed by atoms with Gasteiger partial charge in [0.05, 0.1) is 7.11 Å². The largest absolute Gasteiger partial charge is 0.497 e. The van der Waals surface area contributed by atoms with Gasteiger partial charge in [0.2, 0.25) is 0 Å². The van der Waals surface area contributed by atoms with E-state index in [4.69, 9.17) is 4.74 Å². The summed E-state index contributed by atoms with van der Waals surface area (Å²) in [5, 5.41) is 0. The fourth-order valence-electron chi connectivity index (χ4n) is 3.34. The number of Topliss-reactive ketones (excluding diaryl/α,β-unsaturated/α-hetero) is 3. The van der Waals surface area contributed by atoms with Gasteiger partial charge in [0, 0.05) is 19.3 Å². The van der Waals surface area contributed by atoms with E-state index < -0.39 is 5.92 Å². The number of ketones is 3. The predicted molar refractivity (Wildman–Crippen MR) is 93.6 cm³/mol. The maximum atomic E-state index is 12.5. The third-order valence-corrected chi connectivity index (χ3v) is 4.67. The lowest BCUT2D eigenvalue weighted by Crippen LogP contribution is -2.38. The van der Waals surface area contributed by atoms with E-state index in [1.165, 1.54) is 0 Å². The van der Waals surface area contributed by atoms with E-state index in [1.807, 2.05) is 30.3 Å². The van der Waals surface area contributed by atoms with E-state index in [0.717, 1.165) is 11.1 Å². The van der Waals surface area contributed by atoms with Gasteiger partial charge in [-0.05, 0) is 29.2 Å². The molecule has 0 saturated heterocycles. The molecule has 0 spiro atoms. The number of benzene rings is 2. The van der Waals surface area contributed by atoms with Crippen LogP contribution in [0.4, 0.5) is 0 Å². The fourth-order valence-corrected chi connectivity index (χ4v) is 3.34. The molecule has 1 aliphatic rings. The second-order valence-electron chi connectivity index (χ2n) is 6.37. The lowest BCUT2D eigenvalue weighted by atomic mass is 9.74. The molecule has 2 aromatic rings. The summed E-state index contributed by atoms with van der Waals surface area (Å²) < 4.78 is 5.09. The van der Waals surface area contributed by atoms with Gasteiger partial charge in [-0.2, -0.15) is 0 Å². The summed E-state index contributed by atoms with van der Waals surface area (Å²) >= 11 is 0. The average Bonchev–Trinajstić information content (AvgIpc) is 2.62. The first-order valence-corrected chi connectivity index (χ1v) is 8.34. The molecule has 0 unspecified atom stereocenters. The molecule has 0 N–H and O–H groups in total. The predicted octanol–water partition coefficient (Wildman–Crippen LogP) is 3.14. The normalized spacial score (nSPS) is 20.4. The minimum Gasteiger partial charge on any atom is -0.497 e. The minimum absolute atomic E-state index is 0.0855. The summed E-state index contributed by atoms with van der Waals surface area (Å²) in [6.07, 6.45) is 0.575. The summed E-state index contributed by atoms with van der Waals surface area (Å²) in [6, 6.07) is 16.6. The van der Waals surface area contributed by atoms with E-state index in [0.29, 0.717) is 5.75 Å². The molecule has 0 atom stereocenters. The van der Waals surface area contributed by atoms with Gasteiger partial charge >= 0.3 is 0 Å². The Balaban J connectivity index is 1.69. The number of ether oxygens (including phenoxy) is 1. The molecule has 1 saturated carbocycles. The number of hydrogen-bond acceptors (Lipinski definition) is 4. The Labute approximate surface area is 146 Å². The van der Waals surface area contributed by atoms with Crippen molar-refractivity contribution >= 4 is 17.3 Å². The van der Waals surface area contributed by atoms with Crippen LogP contribution in [-0.2, 0) is 20.8 Å². The smallest absolute Gasteiger partial charge is 0.155 e. The van der Waals surface area contributed by atoms with Crippen molar-refractivity contribution in [2.75, 3.05) is 7.11 Å². The van der Waals surface area contributed by atoms with Gasteiger partial charge in [0.1, 0.15) is 11.7 Å². The standard InChI is InChI=1S/C21H20O4/c1-25-17-9-7-14(8-10-17)11-18(22)21-19(23)12-16(13-20(21)24)15-5-3-2-4-6-15/h2-10,16,21H,11-13H2,1H3. The molecule has 0 aromatic heterocycles. The van der Waals surface area contributed by atoms with Crippen molar-refractivity contribution in [2.45, 2.75) is 25.2 Å². The third-order valence-electron chi connectivity index (χ3n) is 4.67. The highest BCUT2D eigenvalue weighted by Crippen LogP contribution is 2.32. The topological polar surface area (TPSA) is 60.4 Å². The first-order valence-electron chi connectivity index (χ1n) is 8.34. The highest BCUT2D eigenvalue weighted by atomic mass is 16.5. The van der Waals surface area contributed by atoms with Gasteiger partial charge in [-0.3, -0.25) is 14.4 Å². The molecular formula is C21H20O4. The van der Waals surface area contributed by atoms with Gasteiger partial charge in [-0.15, -0.1) is 0 Å². The Kier molecular flexibility index (Phi) is 5.08. The first-order chi connectivity index (χ1) is 12.1. The molecule has 2 aromatic carbocycles. The van der Waals surface area contributed by atoms with Crippen LogP contribution in [0.2, 0.25) is 0 Å². The van der Waals surface area contributed by atoms with Crippen LogP contribution < -0.4 is 4.74 Å².